The van der Waals surface area contributed by atoms with Gasteiger partial charge < -0.3 is 5.32 Å². The highest BCUT2D eigenvalue weighted by Crippen LogP contribution is 2.25. The molecule has 19 heavy (non-hydrogen) atoms. The van der Waals surface area contributed by atoms with E-state index in [2.05, 4.69) is 60.3 Å². The Balaban J connectivity index is 2.37. The summed E-state index contributed by atoms with van der Waals surface area (Å²) >= 11 is 0. The fraction of sp³-hybridized carbons (Fsp3) is 0.375. The molecular weight excluding hydrogens is 234 g/mol. The minimum atomic E-state index is 0.169. The Kier molecular flexibility index (Phi) is 3.56. The first kappa shape index (κ1) is 13.5. The lowest BCUT2D eigenvalue weighted by atomic mass is 9.87. The smallest absolute Gasteiger partial charge is 0.161 e. The van der Waals surface area contributed by atoms with Crippen LogP contribution in [0.1, 0.15) is 31.9 Å². The number of hydrogen-bond acceptors (Lipinski definition) is 3. The SMILES string of the molecule is CNc1nc(-c2ccc(C(C)(C)C)cc2)ncc1C. The van der Waals surface area contributed by atoms with E-state index >= 15 is 0 Å². The number of nitrogens with zero attached hydrogens (tertiary/aromatic N) is 2. The third-order valence-electron chi connectivity index (χ3n) is 3.22. The summed E-state index contributed by atoms with van der Waals surface area (Å²) in [5.74, 6) is 1.64. The van der Waals surface area contributed by atoms with Gasteiger partial charge in [0.25, 0.3) is 0 Å². The molecule has 0 amide bonds. The van der Waals surface area contributed by atoms with Gasteiger partial charge in [-0.1, -0.05) is 45.0 Å². The van der Waals surface area contributed by atoms with E-state index < -0.39 is 0 Å². The summed E-state index contributed by atoms with van der Waals surface area (Å²) in [6.07, 6.45) is 1.85. The van der Waals surface area contributed by atoms with Crippen LogP contribution in [-0.2, 0) is 5.41 Å². The highest BCUT2D eigenvalue weighted by atomic mass is 15.0. The first-order valence-electron chi connectivity index (χ1n) is 6.54. The normalized spacial score (nSPS) is 11.4. The summed E-state index contributed by atoms with van der Waals surface area (Å²) < 4.78 is 0. The monoisotopic (exact) mass is 255 g/mol. The molecule has 0 saturated heterocycles. The first-order chi connectivity index (χ1) is 8.91. The van der Waals surface area contributed by atoms with E-state index in [1.807, 2.05) is 20.2 Å². The summed E-state index contributed by atoms with van der Waals surface area (Å²) in [6, 6.07) is 8.48. The Labute approximate surface area is 115 Å². The molecule has 0 radical (unpaired) electrons. The van der Waals surface area contributed by atoms with Crippen molar-refractivity contribution < 1.29 is 0 Å². The summed E-state index contributed by atoms with van der Waals surface area (Å²) in [4.78, 5) is 8.93. The summed E-state index contributed by atoms with van der Waals surface area (Å²) in [7, 11) is 1.88. The largest absolute Gasteiger partial charge is 0.373 e. The molecule has 0 fully saturated rings. The van der Waals surface area contributed by atoms with Crippen molar-refractivity contribution in [1.82, 2.24) is 9.97 Å². The number of rotatable bonds is 2. The molecule has 0 bridgehead atoms. The van der Waals surface area contributed by atoms with Gasteiger partial charge in [0.15, 0.2) is 5.82 Å². The van der Waals surface area contributed by atoms with Crippen molar-refractivity contribution in [2.75, 3.05) is 12.4 Å². The van der Waals surface area contributed by atoms with Crippen LogP contribution in [0.15, 0.2) is 30.5 Å². The first-order valence-corrected chi connectivity index (χ1v) is 6.54. The van der Waals surface area contributed by atoms with E-state index in [-0.39, 0.29) is 5.41 Å². The molecule has 2 rings (SSSR count). The minimum Gasteiger partial charge on any atom is -0.373 e. The van der Waals surface area contributed by atoms with Crippen LogP contribution in [0.5, 0.6) is 0 Å². The van der Waals surface area contributed by atoms with Crippen LogP contribution >= 0.6 is 0 Å². The maximum Gasteiger partial charge on any atom is 0.161 e. The molecule has 100 valence electrons. The number of anilines is 1. The zero-order valence-electron chi connectivity index (χ0n) is 12.3. The van der Waals surface area contributed by atoms with Gasteiger partial charge in [-0.25, -0.2) is 9.97 Å². The van der Waals surface area contributed by atoms with Gasteiger partial charge in [-0.3, -0.25) is 0 Å². The van der Waals surface area contributed by atoms with Gasteiger partial charge in [0.05, 0.1) is 0 Å². The maximum absolute atomic E-state index is 4.53. The minimum absolute atomic E-state index is 0.169. The molecule has 1 heterocycles. The Morgan fingerprint density at radius 2 is 1.68 bits per heavy atom. The van der Waals surface area contributed by atoms with Gasteiger partial charge in [-0.15, -0.1) is 0 Å². The second-order valence-electron chi connectivity index (χ2n) is 5.80. The third kappa shape index (κ3) is 2.92. The van der Waals surface area contributed by atoms with Crippen molar-refractivity contribution in [3.05, 3.63) is 41.6 Å². The van der Waals surface area contributed by atoms with E-state index in [1.54, 1.807) is 0 Å². The van der Waals surface area contributed by atoms with E-state index in [0.29, 0.717) is 0 Å². The molecule has 3 nitrogen and oxygen atoms in total. The molecule has 1 aromatic carbocycles. The molecule has 2 aromatic rings. The molecule has 0 aliphatic rings. The Hall–Kier alpha value is -1.90. The summed E-state index contributed by atoms with van der Waals surface area (Å²) in [5, 5.41) is 3.09. The zero-order valence-corrected chi connectivity index (χ0v) is 12.3. The molecule has 0 unspecified atom stereocenters. The fourth-order valence-corrected chi connectivity index (χ4v) is 1.95. The van der Waals surface area contributed by atoms with E-state index in [0.717, 1.165) is 22.8 Å². The van der Waals surface area contributed by atoms with Crippen molar-refractivity contribution in [2.24, 2.45) is 0 Å². The van der Waals surface area contributed by atoms with Crippen LogP contribution in [-0.4, -0.2) is 17.0 Å². The predicted octanol–water partition coefficient (Wildman–Crippen LogP) is 3.79. The third-order valence-corrected chi connectivity index (χ3v) is 3.22. The highest BCUT2D eigenvalue weighted by molar-refractivity contribution is 5.58. The second-order valence-corrected chi connectivity index (χ2v) is 5.80. The molecule has 3 heteroatoms. The van der Waals surface area contributed by atoms with Crippen molar-refractivity contribution in [2.45, 2.75) is 33.1 Å². The van der Waals surface area contributed by atoms with Gasteiger partial charge in [0, 0.05) is 24.4 Å². The molecular formula is C16H21N3. The molecule has 0 aliphatic heterocycles. The molecule has 0 atom stereocenters. The fourth-order valence-electron chi connectivity index (χ4n) is 1.95. The standard InChI is InChI=1S/C16H21N3/c1-11-10-18-15(19-14(11)17-5)12-6-8-13(9-7-12)16(2,3)4/h6-10H,1-5H3,(H,17,18,19). The molecule has 0 aliphatic carbocycles. The van der Waals surface area contributed by atoms with Crippen LogP contribution in [0.2, 0.25) is 0 Å². The number of hydrogen-bond donors (Lipinski definition) is 1. The Morgan fingerprint density at radius 1 is 1.05 bits per heavy atom. The Bertz CT molecular complexity index is 566. The lowest BCUT2D eigenvalue weighted by molar-refractivity contribution is 0.590. The van der Waals surface area contributed by atoms with Gasteiger partial charge in [0.2, 0.25) is 0 Å². The lowest BCUT2D eigenvalue weighted by Crippen LogP contribution is -2.10. The van der Waals surface area contributed by atoms with Crippen molar-refractivity contribution in [3.63, 3.8) is 0 Å². The molecule has 0 saturated carbocycles. The van der Waals surface area contributed by atoms with Crippen LogP contribution in [0.25, 0.3) is 11.4 Å². The maximum atomic E-state index is 4.53. The molecule has 1 N–H and O–H groups in total. The number of nitrogens with one attached hydrogen (secondary N) is 1. The Morgan fingerprint density at radius 3 is 2.21 bits per heavy atom. The van der Waals surface area contributed by atoms with Crippen LogP contribution in [0.3, 0.4) is 0 Å². The average molecular weight is 255 g/mol. The van der Waals surface area contributed by atoms with Crippen molar-refractivity contribution >= 4 is 5.82 Å². The summed E-state index contributed by atoms with van der Waals surface area (Å²) in [6.45, 7) is 8.63. The van der Waals surface area contributed by atoms with Crippen LogP contribution < -0.4 is 5.32 Å². The highest BCUT2D eigenvalue weighted by Gasteiger charge is 2.13. The van der Waals surface area contributed by atoms with Crippen molar-refractivity contribution in [3.8, 4) is 11.4 Å². The molecule has 0 spiro atoms. The van der Waals surface area contributed by atoms with Gasteiger partial charge >= 0.3 is 0 Å². The van der Waals surface area contributed by atoms with E-state index in [4.69, 9.17) is 0 Å². The van der Waals surface area contributed by atoms with Gasteiger partial charge in [-0.2, -0.15) is 0 Å². The predicted molar refractivity (Wildman–Crippen MR) is 80.5 cm³/mol. The van der Waals surface area contributed by atoms with Crippen LogP contribution in [0, 0.1) is 6.92 Å². The zero-order chi connectivity index (χ0) is 14.0. The lowest BCUT2D eigenvalue weighted by Gasteiger charge is -2.19. The van der Waals surface area contributed by atoms with E-state index in [1.165, 1.54) is 5.56 Å². The summed E-state index contributed by atoms with van der Waals surface area (Å²) in [5.41, 5.74) is 3.59. The topological polar surface area (TPSA) is 37.8 Å². The number of aromatic nitrogens is 2. The second kappa shape index (κ2) is 5.00. The number of aryl methyl sites for hydroxylation is 1. The molecule has 1 aromatic heterocycles. The van der Waals surface area contributed by atoms with Gasteiger partial charge in [0.1, 0.15) is 5.82 Å². The van der Waals surface area contributed by atoms with Crippen LogP contribution in [0.4, 0.5) is 5.82 Å². The quantitative estimate of drug-likeness (QED) is 0.887. The average Bonchev–Trinajstić information content (AvgIpc) is 2.38. The number of benzene rings is 1. The van der Waals surface area contributed by atoms with Gasteiger partial charge in [-0.05, 0) is 17.9 Å². The van der Waals surface area contributed by atoms with E-state index in [9.17, 15) is 0 Å². The van der Waals surface area contributed by atoms with Crippen molar-refractivity contribution in [1.29, 1.82) is 0 Å².